The molecule has 1 saturated carbocycles. The van der Waals surface area contributed by atoms with Crippen molar-refractivity contribution < 1.29 is 0 Å². The van der Waals surface area contributed by atoms with Gasteiger partial charge in [0.05, 0.1) is 17.3 Å². The Morgan fingerprint density at radius 3 is 2.55 bits per heavy atom. The maximum Gasteiger partial charge on any atom is 0.166 e. The van der Waals surface area contributed by atoms with Crippen molar-refractivity contribution >= 4 is 34.8 Å². The number of hydrogen-bond donors (Lipinski definition) is 2. The summed E-state index contributed by atoms with van der Waals surface area (Å²) >= 11 is 5.08. The molecular formula is C24H24N8S. The van der Waals surface area contributed by atoms with Crippen molar-refractivity contribution in [3.05, 3.63) is 59.9 Å². The van der Waals surface area contributed by atoms with Crippen LogP contribution in [0.4, 0.5) is 17.5 Å². The average molecular weight is 457 g/mol. The third-order valence-corrected chi connectivity index (χ3v) is 6.26. The third kappa shape index (κ3) is 4.86. The number of anilines is 3. The lowest BCUT2D eigenvalue weighted by Crippen LogP contribution is -2.50. The van der Waals surface area contributed by atoms with Gasteiger partial charge in [0.25, 0.3) is 0 Å². The highest BCUT2D eigenvalue weighted by molar-refractivity contribution is 7.80. The molecule has 0 radical (unpaired) electrons. The zero-order chi connectivity index (χ0) is 22.8. The highest BCUT2D eigenvalue weighted by Gasteiger charge is 2.25. The molecule has 0 unspecified atom stereocenters. The Kier molecular flexibility index (Phi) is 5.75. The molecule has 3 N–H and O–H groups in total. The fourth-order valence-electron chi connectivity index (χ4n) is 4.00. The molecule has 1 aliphatic heterocycles. The van der Waals surface area contributed by atoms with Crippen LogP contribution in [0.15, 0.2) is 48.8 Å². The van der Waals surface area contributed by atoms with Crippen molar-refractivity contribution in [1.82, 2.24) is 19.9 Å². The Balaban J connectivity index is 1.37. The lowest BCUT2D eigenvalue weighted by Gasteiger charge is -2.35. The molecule has 166 valence electrons. The van der Waals surface area contributed by atoms with Crippen LogP contribution < -0.4 is 16.0 Å². The predicted molar refractivity (Wildman–Crippen MR) is 132 cm³/mol. The first-order valence-corrected chi connectivity index (χ1v) is 11.4. The second kappa shape index (κ2) is 9.00. The van der Waals surface area contributed by atoms with Gasteiger partial charge in [-0.2, -0.15) is 5.26 Å². The summed E-state index contributed by atoms with van der Waals surface area (Å²) in [4.78, 5) is 18.1. The normalized spacial score (nSPS) is 15.7. The van der Waals surface area contributed by atoms with Crippen LogP contribution >= 0.6 is 12.2 Å². The molecule has 8 nitrogen and oxygen atoms in total. The molecule has 0 atom stereocenters. The minimum absolute atomic E-state index is 0.457. The first kappa shape index (κ1) is 21.1. The van der Waals surface area contributed by atoms with Crippen molar-refractivity contribution in [3.8, 4) is 17.3 Å². The molecular weight excluding hydrogens is 432 g/mol. The van der Waals surface area contributed by atoms with Crippen molar-refractivity contribution in [2.45, 2.75) is 18.8 Å². The summed E-state index contributed by atoms with van der Waals surface area (Å²) in [6.45, 7) is 3.28. The van der Waals surface area contributed by atoms with E-state index < -0.39 is 0 Å². The van der Waals surface area contributed by atoms with E-state index in [4.69, 9.17) is 33.2 Å². The Morgan fingerprint density at radius 2 is 1.88 bits per heavy atom. The second-order valence-electron chi connectivity index (χ2n) is 8.33. The minimum Gasteiger partial charge on any atom is -0.376 e. The number of piperazine rings is 1. The molecule has 3 aromatic rings. The number of nitrogens with two attached hydrogens (primary N) is 1. The number of aromatic nitrogens is 3. The fraction of sp³-hybridized carbons (Fsp3) is 0.292. The smallest absolute Gasteiger partial charge is 0.166 e. The van der Waals surface area contributed by atoms with Gasteiger partial charge in [-0.25, -0.2) is 15.0 Å². The average Bonchev–Trinajstić information content (AvgIpc) is 3.70. The van der Waals surface area contributed by atoms with E-state index >= 15 is 0 Å². The summed E-state index contributed by atoms with van der Waals surface area (Å²) in [5, 5.41) is 12.9. The van der Waals surface area contributed by atoms with E-state index in [9.17, 15) is 0 Å². The molecule has 0 spiro atoms. The minimum atomic E-state index is 0.457. The van der Waals surface area contributed by atoms with Gasteiger partial charge in [-0.3, -0.25) is 0 Å². The number of thiocarbonyl (C=S) groups is 1. The first-order valence-electron chi connectivity index (χ1n) is 11.0. The van der Waals surface area contributed by atoms with Crippen molar-refractivity contribution in [3.63, 3.8) is 0 Å². The first-order chi connectivity index (χ1) is 16.1. The molecule has 5 rings (SSSR count). The molecule has 1 saturated heterocycles. The van der Waals surface area contributed by atoms with Crippen LogP contribution in [-0.4, -0.2) is 51.1 Å². The number of nitrogens with one attached hydrogen (secondary N) is 1. The summed E-state index contributed by atoms with van der Waals surface area (Å²) in [6.07, 6.45) is 5.89. The molecule has 33 heavy (non-hydrogen) atoms. The topological polar surface area (TPSA) is 107 Å². The van der Waals surface area contributed by atoms with E-state index in [1.807, 2.05) is 17.2 Å². The molecule has 3 aromatic heterocycles. The van der Waals surface area contributed by atoms with Gasteiger partial charge in [-0.1, -0.05) is 0 Å². The Bertz CT molecular complexity index is 1210. The van der Waals surface area contributed by atoms with Crippen molar-refractivity contribution in [1.29, 1.82) is 5.26 Å². The van der Waals surface area contributed by atoms with Crippen LogP contribution in [0.25, 0.3) is 11.3 Å². The lowest BCUT2D eigenvalue weighted by atomic mass is 10.1. The lowest BCUT2D eigenvalue weighted by molar-refractivity contribution is 0.387. The Hall–Kier alpha value is -3.77. The molecule has 0 aromatic carbocycles. The summed E-state index contributed by atoms with van der Waals surface area (Å²) in [5.74, 6) is 2.83. The number of nitrogens with zero attached hydrogens (tertiary/aromatic N) is 6. The number of rotatable bonds is 5. The maximum absolute atomic E-state index is 9.15. The predicted octanol–water partition coefficient (Wildman–Crippen LogP) is 3.40. The van der Waals surface area contributed by atoms with Crippen LogP contribution in [0.2, 0.25) is 0 Å². The Morgan fingerprint density at radius 1 is 1.06 bits per heavy atom. The maximum atomic E-state index is 9.15. The van der Waals surface area contributed by atoms with Gasteiger partial charge >= 0.3 is 0 Å². The van der Waals surface area contributed by atoms with Gasteiger partial charge in [0.2, 0.25) is 0 Å². The van der Waals surface area contributed by atoms with Crippen molar-refractivity contribution in [2.75, 3.05) is 36.4 Å². The second-order valence-corrected chi connectivity index (χ2v) is 8.75. The quantitative estimate of drug-likeness (QED) is 0.559. The van der Waals surface area contributed by atoms with E-state index in [-0.39, 0.29) is 0 Å². The highest BCUT2D eigenvalue weighted by Crippen LogP contribution is 2.42. The van der Waals surface area contributed by atoms with Gasteiger partial charge in [0.15, 0.2) is 5.11 Å². The van der Waals surface area contributed by atoms with Gasteiger partial charge in [0, 0.05) is 44.1 Å². The molecule has 1 aliphatic carbocycles. The summed E-state index contributed by atoms with van der Waals surface area (Å²) in [5.41, 5.74) is 9.39. The molecule has 4 heterocycles. The van der Waals surface area contributed by atoms with Gasteiger partial charge in [-0.15, -0.1) is 0 Å². The zero-order valence-electron chi connectivity index (χ0n) is 18.1. The SMILES string of the molecule is N#Cc1ccnc(Nc2cc(C3CC3)cc(-c3ccc(N4CCN(C(N)=S)CC4)nc3)n2)c1. The molecule has 0 amide bonds. The Labute approximate surface area is 198 Å². The summed E-state index contributed by atoms with van der Waals surface area (Å²) in [7, 11) is 0. The molecule has 0 bridgehead atoms. The third-order valence-electron chi connectivity index (χ3n) is 6.00. The highest BCUT2D eigenvalue weighted by atomic mass is 32.1. The van der Waals surface area contributed by atoms with E-state index in [2.05, 4.69) is 39.5 Å². The van der Waals surface area contributed by atoms with Crippen LogP contribution in [0, 0.1) is 11.3 Å². The van der Waals surface area contributed by atoms with E-state index in [1.165, 1.54) is 18.4 Å². The standard InChI is InChI=1S/C24H24N8S/c25-14-16-5-6-27-21(11-16)30-22-13-19(17-1-2-17)12-20(29-22)18-3-4-23(28-15-18)31-7-9-32(10-8-31)24(26)33/h3-6,11-13,15,17H,1-2,7-10H2,(H2,26,33)(H,27,29,30). The van der Waals surface area contributed by atoms with Gasteiger partial charge in [-0.05, 0) is 72.9 Å². The zero-order valence-corrected chi connectivity index (χ0v) is 18.9. The number of hydrogen-bond acceptors (Lipinski definition) is 7. The monoisotopic (exact) mass is 456 g/mol. The number of nitriles is 1. The molecule has 9 heteroatoms. The van der Waals surface area contributed by atoms with Gasteiger partial charge in [0.1, 0.15) is 17.5 Å². The molecule has 2 fully saturated rings. The van der Waals surface area contributed by atoms with Crippen LogP contribution in [-0.2, 0) is 0 Å². The van der Waals surface area contributed by atoms with Crippen LogP contribution in [0.3, 0.4) is 0 Å². The molecule has 2 aliphatic rings. The van der Waals surface area contributed by atoms with Crippen LogP contribution in [0.5, 0.6) is 0 Å². The largest absolute Gasteiger partial charge is 0.376 e. The fourth-order valence-corrected chi connectivity index (χ4v) is 4.18. The summed E-state index contributed by atoms with van der Waals surface area (Å²) in [6, 6.07) is 13.9. The van der Waals surface area contributed by atoms with E-state index in [1.54, 1.807) is 18.3 Å². The van der Waals surface area contributed by atoms with Crippen molar-refractivity contribution in [2.24, 2.45) is 5.73 Å². The van der Waals surface area contributed by atoms with Gasteiger partial charge < -0.3 is 20.9 Å². The van der Waals surface area contributed by atoms with Crippen LogP contribution in [0.1, 0.15) is 29.9 Å². The summed E-state index contributed by atoms with van der Waals surface area (Å²) < 4.78 is 0. The number of pyridine rings is 3. The van der Waals surface area contributed by atoms with E-state index in [0.717, 1.165) is 49.1 Å². The van der Waals surface area contributed by atoms with E-state index in [0.29, 0.717) is 22.4 Å².